The molecule has 1 aliphatic carbocycles. The number of imidazole rings is 1. The summed E-state index contributed by atoms with van der Waals surface area (Å²) >= 11 is 0. The summed E-state index contributed by atoms with van der Waals surface area (Å²) in [6.45, 7) is 6.35. The van der Waals surface area contributed by atoms with Crippen LogP contribution < -0.4 is 0 Å². The number of aryl methyl sites for hydroxylation is 1. The van der Waals surface area contributed by atoms with E-state index in [0.29, 0.717) is 0 Å². The quantitative estimate of drug-likeness (QED) is 0.546. The Balaban J connectivity index is 1.57. The molecular weight excluding hydrogens is 356 g/mol. The van der Waals surface area contributed by atoms with Crippen LogP contribution in [0.2, 0.25) is 0 Å². The minimum atomic E-state index is -0.207. The van der Waals surface area contributed by atoms with Gasteiger partial charge in [-0.05, 0) is 49.1 Å². The average Bonchev–Trinajstić information content (AvgIpc) is 3.23. The van der Waals surface area contributed by atoms with Crippen molar-refractivity contribution in [1.29, 1.82) is 0 Å². The molecule has 0 amide bonds. The van der Waals surface area contributed by atoms with Gasteiger partial charge in [0.2, 0.25) is 0 Å². The molecule has 0 spiro atoms. The molecule has 3 aromatic rings. The van der Waals surface area contributed by atoms with Gasteiger partial charge in [0.05, 0.1) is 24.1 Å². The maximum Gasteiger partial charge on any atom is 0.0954 e. The van der Waals surface area contributed by atoms with Gasteiger partial charge in [-0.2, -0.15) is 0 Å². The molecule has 5 rings (SSSR count). The van der Waals surface area contributed by atoms with E-state index in [1.54, 1.807) is 0 Å². The Morgan fingerprint density at radius 3 is 2.59 bits per heavy atom. The van der Waals surface area contributed by atoms with E-state index < -0.39 is 0 Å². The molecule has 3 unspecified atom stereocenters. The largest absolute Gasteiger partial charge is 0.363 e. The summed E-state index contributed by atoms with van der Waals surface area (Å²) < 4.78 is 8.44. The van der Waals surface area contributed by atoms with E-state index in [9.17, 15) is 0 Å². The number of fused-ring (bicyclic) bond motifs is 3. The third-order valence-electron chi connectivity index (χ3n) is 5.97. The highest BCUT2D eigenvalue weighted by Gasteiger charge is 2.33. The van der Waals surface area contributed by atoms with Crippen molar-refractivity contribution in [2.24, 2.45) is 0 Å². The smallest absolute Gasteiger partial charge is 0.0954 e. The van der Waals surface area contributed by atoms with E-state index in [-0.39, 0.29) is 23.7 Å². The fourth-order valence-electron chi connectivity index (χ4n) is 4.47. The second kappa shape index (κ2) is 6.85. The van der Waals surface area contributed by atoms with Crippen molar-refractivity contribution < 1.29 is 4.74 Å². The second-order valence-corrected chi connectivity index (χ2v) is 8.64. The van der Waals surface area contributed by atoms with E-state index in [2.05, 4.69) is 97.1 Å². The highest BCUT2D eigenvalue weighted by molar-refractivity contribution is 5.62. The van der Waals surface area contributed by atoms with Gasteiger partial charge in [0.25, 0.3) is 0 Å². The first kappa shape index (κ1) is 18.1. The molecule has 0 N–H and O–H groups in total. The molecule has 3 atom stereocenters. The van der Waals surface area contributed by atoms with Gasteiger partial charge in [-0.1, -0.05) is 66.3 Å². The molecule has 0 radical (unpaired) electrons. The predicted octanol–water partition coefficient (Wildman–Crippen LogP) is 5.67. The van der Waals surface area contributed by atoms with Crippen molar-refractivity contribution in [3.63, 3.8) is 0 Å². The van der Waals surface area contributed by atoms with Crippen LogP contribution in [-0.2, 0) is 4.74 Å². The normalized spacial score (nSPS) is 22.7. The molecule has 0 saturated heterocycles. The third-order valence-corrected chi connectivity index (χ3v) is 5.97. The number of hydrogen-bond acceptors (Lipinski definition) is 2. The number of hydrogen-bond donors (Lipinski definition) is 0. The SMILES string of the molecule is Cc1ccc(C(c2ccc3c(c2)C=CC2OC(C)(C)C=CC32)n2ccnc2)cc1. The molecule has 0 saturated carbocycles. The van der Waals surface area contributed by atoms with Crippen LogP contribution in [0.15, 0.2) is 79.4 Å². The Bertz CT molecular complexity index is 1070. The van der Waals surface area contributed by atoms with Crippen LogP contribution in [0.5, 0.6) is 0 Å². The zero-order chi connectivity index (χ0) is 20.0. The van der Waals surface area contributed by atoms with Gasteiger partial charge < -0.3 is 9.30 Å². The number of aromatic nitrogens is 2. The van der Waals surface area contributed by atoms with E-state index in [0.717, 1.165) is 0 Å². The summed E-state index contributed by atoms with van der Waals surface area (Å²) in [5.41, 5.74) is 6.18. The first-order valence-corrected chi connectivity index (χ1v) is 10.2. The zero-order valence-corrected chi connectivity index (χ0v) is 17.1. The molecular formula is C26H26N2O. The predicted molar refractivity (Wildman–Crippen MR) is 117 cm³/mol. The second-order valence-electron chi connectivity index (χ2n) is 8.64. The van der Waals surface area contributed by atoms with E-state index in [1.165, 1.54) is 27.8 Å². The lowest BCUT2D eigenvalue weighted by atomic mass is 9.80. The van der Waals surface area contributed by atoms with Crippen LogP contribution in [0, 0.1) is 6.92 Å². The summed E-state index contributed by atoms with van der Waals surface area (Å²) in [5, 5.41) is 0. The lowest BCUT2D eigenvalue weighted by molar-refractivity contribution is -0.0336. The van der Waals surface area contributed by atoms with Crippen molar-refractivity contribution in [2.75, 3.05) is 0 Å². The fraction of sp³-hybridized carbons (Fsp3) is 0.269. The molecule has 1 aromatic heterocycles. The summed E-state index contributed by atoms with van der Waals surface area (Å²) in [6, 6.07) is 15.7. The van der Waals surface area contributed by atoms with Gasteiger partial charge in [-0.3, -0.25) is 0 Å². The summed E-state index contributed by atoms with van der Waals surface area (Å²) in [7, 11) is 0. The Kier molecular flexibility index (Phi) is 4.29. The molecule has 0 fully saturated rings. The Morgan fingerprint density at radius 1 is 1.03 bits per heavy atom. The van der Waals surface area contributed by atoms with Crippen LogP contribution >= 0.6 is 0 Å². The Hall–Kier alpha value is -2.91. The molecule has 146 valence electrons. The maximum atomic E-state index is 6.27. The topological polar surface area (TPSA) is 27.1 Å². The lowest BCUT2D eigenvalue weighted by Crippen LogP contribution is -2.36. The van der Waals surface area contributed by atoms with E-state index >= 15 is 0 Å². The summed E-state index contributed by atoms with van der Waals surface area (Å²) in [5.74, 6) is 0.281. The Morgan fingerprint density at radius 2 is 1.83 bits per heavy atom. The lowest BCUT2D eigenvalue weighted by Gasteiger charge is -2.38. The number of rotatable bonds is 3. The zero-order valence-electron chi connectivity index (χ0n) is 17.1. The minimum Gasteiger partial charge on any atom is -0.363 e. The van der Waals surface area contributed by atoms with Crippen LogP contribution in [0.4, 0.5) is 0 Å². The summed E-state index contributed by atoms with van der Waals surface area (Å²) in [4.78, 5) is 4.29. The van der Waals surface area contributed by atoms with Gasteiger partial charge in [0, 0.05) is 18.3 Å². The van der Waals surface area contributed by atoms with E-state index in [4.69, 9.17) is 4.74 Å². The van der Waals surface area contributed by atoms with Gasteiger partial charge in [-0.25, -0.2) is 4.98 Å². The maximum absolute atomic E-state index is 6.27. The third kappa shape index (κ3) is 3.36. The van der Waals surface area contributed by atoms with Crippen molar-refractivity contribution in [3.05, 3.63) is 107 Å². The van der Waals surface area contributed by atoms with Crippen molar-refractivity contribution >= 4 is 6.08 Å². The van der Waals surface area contributed by atoms with Crippen LogP contribution in [-0.4, -0.2) is 21.3 Å². The first-order valence-electron chi connectivity index (χ1n) is 10.2. The number of benzene rings is 2. The molecule has 2 heterocycles. The monoisotopic (exact) mass is 382 g/mol. The van der Waals surface area contributed by atoms with E-state index in [1.807, 2.05) is 18.7 Å². The highest BCUT2D eigenvalue weighted by atomic mass is 16.5. The van der Waals surface area contributed by atoms with Crippen molar-refractivity contribution in [2.45, 2.75) is 44.4 Å². The van der Waals surface area contributed by atoms with Crippen LogP contribution in [0.1, 0.15) is 53.6 Å². The minimum absolute atomic E-state index is 0.103. The van der Waals surface area contributed by atoms with Gasteiger partial charge in [0.15, 0.2) is 0 Å². The summed E-state index contributed by atoms with van der Waals surface area (Å²) in [6.07, 6.45) is 14.8. The molecule has 2 aromatic carbocycles. The molecule has 3 heteroatoms. The average molecular weight is 383 g/mol. The van der Waals surface area contributed by atoms with Crippen molar-refractivity contribution in [1.82, 2.24) is 9.55 Å². The molecule has 1 aliphatic heterocycles. The number of nitrogens with zero attached hydrogens (tertiary/aromatic N) is 2. The molecule has 29 heavy (non-hydrogen) atoms. The molecule has 2 aliphatic rings. The van der Waals surface area contributed by atoms with Gasteiger partial charge in [0.1, 0.15) is 0 Å². The standard InChI is InChI=1S/C26H26N2O/c1-18-4-6-19(7-5-18)25(28-15-14-27-17-28)21-8-10-22-20(16-21)9-11-24-23(22)12-13-26(2,3)29-24/h4-17,23-25H,1-3H3. The van der Waals surface area contributed by atoms with Crippen LogP contribution in [0.25, 0.3) is 6.08 Å². The van der Waals surface area contributed by atoms with Gasteiger partial charge >= 0.3 is 0 Å². The molecule has 3 nitrogen and oxygen atoms in total. The first-order chi connectivity index (χ1) is 14.0. The fourth-order valence-corrected chi connectivity index (χ4v) is 4.47. The highest BCUT2D eigenvalue weighted by Crippen LogP contribution is 2.40. The Labute approximate surface area is 172 Å². The number of ether oxygens (including phenoxy) is 1. The van der Waals surface area contributed by atoms with Crippen LogP contribution in [0.3, 0.4) is 0 Å². The molecule has 0 bridgehead atoms. The van der Waals surface area contributed by atoms with Crippen molar-refractivity contribution in [3.8, 4) is 0 Å². The van der Waals surface area contributed by atoms with Gasteiger partial charge in [-0.15, -0.1) is 0 Å².